The number of hydrogen-bond acceptors (Lipinski definition) is 4. The predicted molar refractivity (Wildman–Crippen MR) is 71.9 cm³/mol. The number of amides is 3. The fraction of sp³-hybridized carbons (Fsp3) is 0.538. The molecule has 2 fully saturated rings. The van der Waals surface area contributed by atoms with E-state index in [0.29, 0.717) is 18.9 Å². The van der Waals surface area contributed by atoms with Gasteiger partial charge < -0.3 is 10.2 Å². The van der Waals surface area contributed by atoms with Gasteiger partial charge in [0.1, 0.15) is 0 Å². The van der Waals surface area contributed by atoms with E-state index in [0.717, 1.165) is 19.3 Å². The van der Waals surface area contributed by atoms with E-state index in [1.807, 2.05) is 0 Å². The second kappa shape index (κ2) is 5.44. The third-order valence-electron chi connectivity index (χ3n) is 3.80. The molecule has 0 spiro atoms. The van der Waals surface area contributed by atoms with Crippen LogP contribution in [-0.2, 0) is 4.79 Å². The maximum Gasteiger partial charge on any atom is 0.323 e. The molecule has 0 aromatic carbocycles. The molecule has 2 aliphatic rings. The van der Waals surface area contributed by atoms with E-state index in [-0.39, 0.29) is 23.9 Å². The fourth-order valence-corrected chi connectivity index (χ4v) is 2.28. The predicted octanol–water partition coefficient (Wildman–Crippen LogP) is 0.609. The normalized spacial score (nSPS) is 18.9. The monoisotopic (exact) mass is 275 g/mol. The van der Waals surface area contributed by atoms with Crippen LogP contribution in [0.4, 0.5) is 10.6 Å². The Hall–Kier alpha value is -2.18. The highest BCUT2D eigenvalue weighted by molar-refractivity contribution is 5.89. The summed E-state index contributed by atoms with van der Waals surface area (Å²) in [6, 6.07) is 3.26. The summed E-state index contributed by atoms with van der Waals surface area (Å²) in [4.78, 5) is 25.2. The number of rotatable bonds is 3. The summed E-state index contributed by atoms with van der Waals surface area (Å²) in [6.07, 6.45) is 4.69. The van der Waals surface area contributed by atoms with Crippen LogP contribution in [0.15, 0.2) is 18.3 Å². The molecule has 0 unspecified atom stereocenters. The Morgan fingerprint density at radius 2 is 2.10 bits per heavy atom. The smallest absolute Gasteiger partial charge is 0.323 e. The molecule has 3 rings (SSSR count). The Kier molecular flexibility index (Phi) is 3.49. The second-order valence-corrected chi connectivity index (χ2v) is 5.28. The van der Waals surface area contributed by atoms with Crippen LogP contribution < -0.4 is 10.6 Å². The molecule has 1 aliphatic carbocycles. The largest absolute Gasteiger partial charge is 0.350 e. The Morgan fingerprint density at radius 3 is 2.70 bits per heavy atom. The van der Waals surface area contributed by atoms with Gasteiger partial charge in [-0.05, 0) is 25.0 Å². The minimum atomic E-state index is -0.209. The summed E-state index contributed by atoms with van der Waals surface area (Å²) in [7, 11) is 0. The van der Waals surface area contributed by atoms with Gasteiger partial charge in [0, 0.05) is 25.2 Å². The van der Waals surface area contributed by atoms with Gasteiger partial charge in [0.05, 0.1) is 6.04 Å². The summed E-state index contributed by atoms with van der Waals surface area (Å²) in [5.41, 5.74) is 0. The molecule has 106 valence electrons. The Morgan fingerprint density at radius 1 is 1.30 bits per heavy atom. The summed E-state index contributed by atoms with van der Waals surface area (Å²) in [6.45, 7) is 1.09. The number of anilines is 1. The molecule has 1 saturated heterocycles. The lowest BCUT2D eigenvalue weighted by atomic mass is 9.84. The Labute approximate surface area is 116 Å². The van der Waals surface area contributed by atoms with Crippen LogP contribution in [0.2, 0.25) is 0 Å². The summed E-state index contributed by atoms with van der Waals surface area (Å²) in [5.74, 6) is 0.757. The van der Waals surface area contributed by atoms with Crippen LogP contribution in [-0.4, -0.2) is 46.2 Å². The molecule has 1 saturated carbocycles. The highest BCUT2D eigenvalue weighted by Crippen LogP contribution is 2.26. The lowest BCUT2D eigenvalue weighted by Gasteiger charge is -2.40. The van der Waals surface area contributed by atoms with Crippen LogP contribution in [0.25, 0.3) is 0 Å². The Bertz CT molecular complexity index is 497. The number of aromatic nitrogens is 2. The first kappa shape index (κ1) is 12.8. The van der Waals surface area contributed by atoms with Gasteiger partial charge in [0.25, 0.3) is 0 Å². The minimum Gasteiger partial charge on any atom is -0.350 e. The topological polar surface area (TPSA) is 87.2 Å². The summed E-state index contributed by atoms with van der Waals surface area (Å²) < 4.78 is 0. The zero-order chi connectivity index (χ0) is 13.9. The van der Waals surface area contributed by atoms with Crippen molar-refractivity contribution in [2.45, 2.75) is 25.3 Å². The van der Waals surface area contributed by atoms with Crippen molar-refractivity contribution in [2.24, 2.45) is 5.92 Å². The van der Waals surface area contributed by atoms with Crippen molar-refractivity contribution < 1.29 is 9.59 Å². The molecular formula is C13H17N5O2. The van der Waals surface area contributed by atoms with Crippen molar-refractivity contribution in [3.05, 3.63) is 18.3 Å². The van der Waals surface area contributed by atoms with Gasteiger partial charge in [-0.1, -0.05) is 6.42 Å². The first-order valence-electron chi connectivity index (χ1n) is 6.86. The number of carbonyl (C=O) groups is 2. The number of nitrogens with zero attached hydrogens (tertiary/aromatic N) is 3. The highest BCUT2D eigenvalue weighted by Gasteiger charge is 2.34. The van der Waals surface area contributed by atoms with Gasteiger partial charge >= 0.3 is 6.03 Å². The van der Waals surface area contributed by atoms with Gasteiger partial charge in [0.2, 0.25) is 5.91 Å². The summed E-state index contributed by atoms with van der Waals surface area (Å²) >= 11 is 0. The average Bonchev–Trinajstić information content (AvgIpc) is 2.32. The van der Waals surface area contributed by atoms with Crippen molar-refractivity contribution in [1.29, 1.82) is 0 Å². The maximum absolute atomic E-state index is 11.9. The molecule has 2 heterocycles. The number of carbonyl (C=O) groups excluding carboxylic acids is 2. The quantitative estimate of drug-likeness (QED) is 0.846. The second-order valence-electron chi connectivity index (χ2n) is 5.28. The molecule has 1 aromatic rings. The van der Waals surface area contributed by atoms with E-state index in [1.165, 1.54) is 0 Å². The molecule has 2 N–H and O–H groups in total. The fourth-order valence-electron chi connectivity index (χ4n) is 2.28. The number of likely N-dealkylation sites (tertiary alicyclic amines) is 1. The zero-order valence-corrected chi connectivity index (χ0v) is 11.1. The Balaban J connectivity index is 1.41. The van der Waals surface area contributed by atoms with E-state index in [1.54, 1.807) is 23.2 Å². The van der Waals surface area contributed by atoms with E-state index in [4.69, 9.17) is 0 Å². The van der Waals surface area contributed by atoms with Crippen LogP contribution in [0, 0.1) is 5.92 Å². The molecule has 0 atom stereocenters. The van der Waals surface area contributed by atoms with Gasteiger partial charge in [-0.25, -0.2) is 4.79 Å². The lowest BCUT2D eigenvalue weighted by Crippen LogP contribution is -2.62. The standard InChI is InChI=1S/C13H17N5O2/c19-12(9-3-1-4-9)15-10-7-18(8-10)13(20)16-11-5-2-6-14-17-11/h2,5-6,9-10H,1,3-4,7-8H2,(H,15,19)(H,16,17,20). The number of urea groups is 1. The number of nitrogens with one attached hydrogen (secondary N) is 2. The lowest BCUT2D eigenvalue weighted by molar-refractivity contribution is -0.129. The molecular weight excluding hydrogens is 258 g/mol. The molecule has 1 aromatic heterocycles. The maximum atomic E-state index is 11.9. The first-order valence-corrected chi connectivity index (χ1v) is 6.86. The molecule has 0 bridgehead atoms. The molecule has 0 radical (unpaired) electrons. The van der Waals surface area contributed by atoms with E-state index in [2.05, 4.69) is 20.8 Å². The van der Waals surface area contributed by atoms with E-state index >= 15 is 0 Å². The van der Waals surface area contributed by atoms with Gasteiger partial charge in [-0.15, -0.1) is 5.10 Å². The third kappa shape index (κ3) is 2.71. The van der Waals surface area contributed by atoms with E-state index in [9.17, 15) is 9.59 Å². The molecule has 20 heavy (non-hydrogen) atoms. The van der Waals surface area contributed by atoms with Crippen molar-refractivity contribution in [2.75, 3.05) is 18.4 Å². The highest BCUT2D eigenvalue weighted by atomic mass is 16.2. The van der Waals surface area contributed by atoms with Crippen LogP contribution in [0.1, 0.15) is 19.3 Å². The van der Waals surface area contributed by atoms with Gasteiger partial charge in [-0.2, -0.15) is 5.10 Å². The molecule has 3 amide bonds. The first-order chi connectivity index (χ1) is 9.72. The van der Waals surface area contributed by atoms with E-state index < -0.39 is 0 Å². The molecule has 1 aliphatic heterocycles. The zero-order valence-electron chi connectivity index (χ0n) is 11.1. The van der Waals surface area contributed by atoms with Crippen LogP contribution >= 0.6 is 0 Å². The third-order valence-corrected chi connectivity index (χ3v) is 3.80. The van der Waals surface area contributed by atoms with Crippen LogP contribution in [0.5, 0.6) is 0 Å². The number of hydrogen-bond donors (Lipinski definition) is 2. The van der Waals surface area contributed by atoms with Crippen molar-refractivity contribution >= 4 is 17.8 Å². The van der Waals surface area contributed by atoms with Gasteiger partial charge in [-0.3, -0.25) is 10.1 Å². The molecule has 7 heteroatoms. The van der Waals surface area contributed by atoms with Crippen LogP contribution in [0.3, 0.4) is 0 Å². The van der Waals surface area contributed by atoms with Gasteiger partial charge in [0.15, 0.2) is 5.82 Å². The minimum absolute atomic E-state index is 0.0794. The van der Waals surface area contributed by atoms with Crippen molar-refractivity contribution in [3.63, 3.8) is 0 Å². The SMILES string of the molecule is O=C(NC1CN(C(=O)Nc2cccnn2)C1)C1CCC1. The van der Waals surface area contributed by atoms with Crippen molar-refractivity contribution in [1.82, 2.24) is 20.4 Å². The van der Waals surface area contributed by atoms with Crippen molar-refractivity contribution in [3.8, 4) is 0 Å². The average molecular weight is 275 g/mol. The summed E-state index contributed by atoms with van der Waals surface area (Å²) in [5, 5.41) is 13.1. The molecule has 7 nitrogen and oxygen atoms in total.